The second-order valence-electron chi connectivity index (χ2n) is 5.81. The first kappa shape index (κ1) is 21.0. The van der Waals surface area contributed by atoms with Crippen molar-refractivity contribution in [1.82, 2.24) is 5.32 Å². The van der Waals surface area contributed by atoms with Gasteiger partial charge < -0.3 is 10.1 Å². The van der Waals surface area contributed by atoms with Crippen LogP contribution in [0.2, 0.25) is 0 Å². The molecule has 0 radical (unpaired) electrons. The Morgan fingerprint density at radius 1 is 1.11 bits per heavy atom. The number of esters is 1. The fraction of sp³-hybridized carbons (Fsp3) is 0.263. The average Bonchev–Trinajstić information content (AvgIpc) is 2.62. The zero-order valence-corrected chi connectivity index (χ0v) is 15.9. The van der Waals surface area contributed by atoms with Gasteiger partial charge in [-0.1, -0.05) is 46.3 Å². The Kier molecular flexibility index (Phi) is 7.01. The zero-order chi connectivity index (χ0) is 20.0. The quantitative estimate of drug-likeness (QED) is 0.688. The van der Waals surface area contributed by atoms with E-state index in [2.05, 4.69) is 21.2 Å². The third-order valence-electron chi connectivity index (χ3n) is 3.85. The Labute approximate surface area is 162 Å². The van der Waals surface area contributed by atoms with Crippen LogP contribution in [-0.2, 0) is 33.3 Å². The van der Waals surface area contributed by atoms with Gasteiger partial charge in [-0.05, 0) is 29.3 Å². The van der Waals surface area contributed by atoms with Crippen molar-refractivity contribution in [2.75, 3.05) is 7.11 Å². The molecular formula is C19H17BrF3NO3. The summed E-state index contributed by atoms with van der Waals surface area (Å²) in [6, 6.07) is 10.7. The van der Waals surface area contributed by atoms with Crippen molar-refractivity contribution < 1.29 is 27.5 Å². The van der Waals surface area contributed by atoms with Crippen molar-refractivity contribution in [2.45, 2.75) is 25.1 Å². The summed E-state index contributed by atoms with van der Waals surface area (Å²) in [5.41, 5.74) is 0.431. The van der Waals surface area contributed by atoms with Crippen molar-refractivity contribution in [1.29, 1.82) is 0 Å². The van der Waals surface area contributed by atoms with Gasteiger partial charge in [-0.3, -0.25) is 4.79 Å². The van der Waals surface area contributed by atoms with E-state index in [9.17, 15) is 22.8 Å². The molecule has 0 spiro atoms. The van der Waals surface area contributed by atoms with E-state index < -0.39 is 29.7 Å². The van der Waals surface area contributed by atoms with Crippen LogP contribution in [0.4, 0.5) is 13.2 Å². The Bertz CT molecular complexity index is 807. The number of alkyl halides is 3. The molecule has 8 heteroatoms. The topological polar surface area (TPSA) is 55.4 Å². The van der Waals surface area contributed by atoms with E-state index in [0.29, 0.717) is 5.56 Å². The predicted octanol–water partition coefficient (Wildman–Crippen LogP) is 3.91. The molecule has 0 fully saturated rings. The summed E-state index contributed by atoms with van der Waals surface area (Å²) < 4.78 is 43.3. The predicted molar refractivity (Wildman–Crippen MR) is 96.9 cm³/mol. The van der Waals surface area contributed by atoms with E-state index in [0.717, 1.165) is 22.2 Å². The van der Waals surface area contributed by atoms with Gasteiger partial charge in [0.1, 0.15) is 6.04 Å². The summed E-state index contributed by atoms with van der Waals surface area (Å²) in [7, 11) is 1.22. The van der Waals surface area contributed by atoms with Crippen LogP contribution in [0.5, 0.6) is 0 Å². The maximum atomic E-state index is 12.6. The van der Waals surface area contributed by atoms with Crippen molar-refractivity contribution in [3.8, 4) is 0 Å². The number of methoxy groups -OCH3 is 1. The summed E-state index contributed by atoms with van der Waals surface area (Å²) in [4.78, 5) is 24.2. The molecule has 4 nitrogen and oxygen atoms in total. The second-order valence-corrected chi connectivity index (χ2v) is 6.66. The van der Waals surface area contributed by atoms with E-state index in [1.165, 1.54) is 19.2 Å². The van der Waals surface area contributed by atoms with Gasteiger partial charge >= 0.3 is 12.1 Å². The summed E-state index contributed by atoms with van der Waals surface area (Å²) in [6.45, 7) is 0. The minimum Gasteiger partial charge on any atom is -0.467 e. The van der Waals surface area contributed by atoms with Crippen LogP contribution in [0.1, 0.15) is 16.7 Å². The van der Waals surface area contributed by atoms with Gasteiger partial charge in [0.05, 0.1) is 19.1 Å². The number of amides is 1. The molecule has 27 heavy (non-hydrogen) atoms. The Hall–Kier alpha value is -2.35. The van der Waals surface area contributed by atoms with Crippen LogP contribution in [0.15, 0.2) is 53.0 Å². The van der Waals surface area contributed by atoms with Crippen molar-refractivity contribution in [3.63, 3.8) is 0 Å². The van der Waals surface area contributed by atoms with Gasteiger partial charge in [0.2, 0.25) is 5.91 Å². The number of carbonyl (C=O) groups excluding carboxylic acids is 2. The number of carbonyl (C=O) groups is 2. The molecule has 0 aliphatic rings. The van der Waals surface area contributed by atoms with E-state index in [1.807, 2.05) is 18.2 Å². The Balaban J connectivity index is 2.05. The average molecular weight is 444 g/mol. The SMILES string of the molecule is COC(=O)[C@H](Cc1ccccc1Br)NC(=O)Cc1ccc(C(F)(F)F)cc1. The lowest BCUT2D eigenvalue weighted by Gasteiger charge is -2.17. The highest BCUT2D eigenvalue weighted by Gasteiger charge is 2.30. The molecule has 1 atom stereocenters. The Morgan fingerprint density at radius 3 is 2.30 bits per heavy atom. The van der Waals surface area contributed by atoms with Crippen molar-refractivity contribution in [3.05, 3.63) is 69.7 Å². The monoisotopic (exact) mass is 443 g/mol. The number of rotatable bonds is 6. The number of halogens is 4. The number of hydrogen-bond donors (Lipinski definition) is 1. The van der Waals surface area contributed by atoms with E-state index in [1.54, 1.807) is 6.07 Å². The molecule has 0 heterocycles. The summed E-state index contributed by atoms with van der Waals surface area (Å²) >= 11 is 3.38. The van der Waals surface area contributed by atoms with Gasteiger partial charge in [0, 0.05) is 10.9 Å². The molecule has 1 amide bonds. The maximum Gasteiger partial charge on any atom is 0.416 e. The number of benzene rings is 2. The van der Waals surface area contributed by atoms with Crippen molar-refractivity contribution >= 4 is 27.8 Å². The van der Waals surface area contributed by atoms with E-state index in [4.69, 9.17) is 4.74 Å². The molecule has 2 aromatic rings. The fourth-order valence-electron chi connectivity index (χ4n) is 2.46. The van der Waals surface area contributed by atoms with Gasteiger partial charge in [-0.15, -0.1) is 0 Å². The molecule has 0 aliphatic carbocycles. The number of nitrogens with one attached hydrogen (secondary N) is 1. The zero-order valence-electron chi connectivity index (χ0n) is 14.3. The van der Waals surface area contributed by atoms with Gasteiger partial charge in [0.15, 0.2) is 0 Å². The van der Waals surface area contributed by atoms with Crippen LogP contribution in [-0.4, -0.2) is 25.0 Å². The molecule has 0 aliphatic heterocycles. The molecule has 0 saturated heterocycles. The largest absolute Gasteiger partial charge is 0.467 e. The molecule has 2 aromatic carbocycles. The molecule has 0 bridgehead atoms. The van der Waals surface area contributed by atoms with E-state index in [-0.39, 0.29) is 12.8 Å². The molecule has 1 N–H and O–H groups in total. The first-order valence-electron chi connectivity index (χ1n) is 7.97. The first-order valence-corrected chi connectivity index (χ1v) is 8.76. The third kappa shape index (κ3) is 6.09. The molecule has 0 unspecified atom stereocenters. The van der Waals surface area contributed by atoms with Crippen LogP contribution in [0, 0.1) is 0 Å². The molecular weight excluding hydrogens is 427 g/mol. The lowest BCUT2D eigenvalue weighted by molar-refractivity contribution is -0.145. The lowest BCUT2D eigenvalue weighted by Crippen LogP contribution is -2.43. The van der Waals surface area contributed by atoms with Gasteiger partial charge in [0.25, 0.3) is 0 Å². The first-order chi connectivity index (χ1) is 12.7. The highest BCUT2D eigenvalue weighted by Crippen LogP contribution is 2.29. The number of hydrogen-bond acceptors (Lipinski definition) is 3. The molecule has 2 rings (SSSR count). The van der Waals surface area contributed by atoms with Gasteiger partial charge in [-0.25, -0.2) is 4.79 Å². The second kappa shape index (κ2) is 9.03. The molecule has 0 aromatic heterocycles. The lowest BCUT2D eigenvalue weighted by atomic mass is 10.0. The minimum atomic E-state index is -4.43. The minimum absolute atomic E-state index is 0.151. The third-order valence-corrected chi connectivity index (χ3v) is 4.62. The fourth-order valence-corrected chi connectivity index (χ4v) is 2.91. The highest BCUT2D eigenvalue weighted by molar-refractivity contribution is 9.10. The van der Waals surface area contributed by atoms with Crippen LogP contribution in [0.3, 0.4) is 0 Å². The highest BCUT2D eigenvalue weighted by atomic mass is 79.9. The molecule has 0 saturated carbocycles. The summed E-state index contributed by atoms with van der Waals surface area (Å²) in [5, 5.41) is 2.58. The van der Waals surface area contributed by atoms with Crippen LogP contribution < -0.4 is 5.32 Å². The smallest absolute Gasteiger partial charge is 0.416 e. The standard InChI is InChI=1S/C19H17BrF3NO3/c1-27-18(26)16(11-13-4-2-3-5-15(13)20)24-17(25)10-12-6-8-14(9-7-12)19(21,22)23/h2-9,16H,10-11H2,1H3,(H,24,25)/t16-/m0/s1. The summed E-state index contributed by atoms with van der Waals surface area (Å²) in [6.07, 6.45) is -4.37. The normalized spacial score (nSPS) is 12.3. The maximum absolute atomic E-state index is 12.6. The summed E-state index contributed by atoms with van der Waals surface area (Å²) in [5.74, 6) is -1.09. The van der Waals surface area contributed by atoms with Gasteiger partial charge in [-0.2, -0.15) is 13.2 Å². The van der Waals surface area contributed by atoms with Crippen molar-refractivity contribution in [2.24, 2.45) is 0 Å². The van der Waals surface area contributed by atoms with E-state index >= 15 is 0 Å². The molecule has 144 valence electrons. The van der Waals surface area contributed by atoms with Crippen LogP contribution in [0.25, 0.3) is 0 Å². The van der Waals surface area contributed by atoms with Crippen LogP contribution >= 0.6 is 15.9 Å². The number of ether oxygens (including phenoxy) is 1. The Morgan fingerprint density at radius 2 is 1.74 bits per heavy atom.